The third-order valence-electron chi connectivity index (χ3n) is 3.89. The van der Waals surface area contributed by atoms with Crippen molar-refractivity contribution in [3.05, 3.63) is 83.3 Å². The zero-order valence-corrected chi connectivity index (χ0v) is 17.7. The van der Waals surface area contributed by atoms with Crippen LogP contribution in [0.25, 0.3) is 0 Å². The second-order valence-corrected chi connectivity index (χ2v) is 10.2. The van der Waals surface area contributed by atoms with E-state index >= 15 is 0 Å². The lowest BCUT2D eigenvalue weighted by Gasteiger charge is -2.21. The van der Waals surface area contributed by atoms with Crippen LogP contribution in [0.15, 0.2) is 76.2 Å². The van der Waals surface area contributed by atoms with Gasteiger partial charge in [-0.15, -0.1) is 0 Å². The molecule has 29 heavy (non-hydrogen) atoms. The fourth-order valence-corrected chi connectivity index (χ4v) is 4.57. The van der Waals surface area contributed by atoms with Gasteiger partial charge in [0.05, 0.1) is 24.0 Å². The molecule has 1 aromatic heterocycles. The van der Waals surface area contributed by atoms with Crippen LogP contribution < -0.4 is 4.18 Å². The van der Waals surface area contributed by atoms with E-state index in [1.807, 2.05) is 0 Å². The van der Waals surface area contributed by atoms with Crippen molar-refractivity contribution in [1.82, 2.24) is 4.31 Å². The van der Waals surface area contributed by atoms with Crippen molar-refractivity contribution >= 4 is 31.7 Å². The number of nitrogens with zero attached hydrogens (tertiary/aromatic N) is 1. The van der Waals surface area contributed by atoms with Gasteiger partial charge in [-0.05, 0) is 54.1 Å². The Morgan fingerprint density at radius 3 is 2.14 bits per heavy atom. The molecule has 0 unspecified atom stereocenters. The van der Waals surface area contributed by atoms with Crippen LogP contribution in [0.2, 0.25) is 5.02 Å². The molecule has 154 valence electrons. The average Bonchev–Trinajstić information content (AvgIpc) is 3.15. The van der Waals surface area contributed by atoms with Crippen molar-refractivity contribution in [2.24, 2.45) is 0 Å². The molecule has 0 N–H and O–H groups in total. The van der Waals surface area contributed by atoms with Crippen LogP contribution >= 0.6 is 11.6 Å². The molecular formula is C19H18ClNO6S2. The van der Waals surface area contributed by atoms with Gasteiger partial charge in [-0.2, -0.15) is 12.7 Å². The Balaban J connectivity index is 1.88. The summed E-state index contributed by atoms with van der Waals surface area (Å²) in [6.07, 6.45) is 2.42. The van der Waals surface area contributed by atoms with E-state index in [0.717, 1.165) is 6.26 Å². The SMILES string of the molecule is CS(=O)(=O)Oc1ccc(CN(Cc2ccco2)S(=O)(=O)c2ccc(Cl)cc2)cc1. The number of halogens is 1. The van der Waals surface area contributed by atoms with Crippen LogP contribution in [-0.4, -0.2) is 27.4 Å². The molecule has 7 nitrogen and oxygen atoms in total. The van der Waals surface area contributed by atoms with Gasteiger partial charge in [0.15, 0.2) is 0 Å². The van der Waals surface area contributed by atoms with Gasteiger partial charge in [0.1, 0.15) is 11.5 Å². The summed E-state index contributed by atoms with van der Waals surface area (Å²) in [6, 6.07) is 15.4. The Morgan fingerprint density at radius 2 is 1.59 bits per heavy atom. The van der Waals surface area contributed by atoms with Crippen LogP contribution in [0, 0.1) is 0 Å². The lowest BCUT2D eigenvalue weighted by Crippen LogP contribution is -2.30. The molecule has 0 aliphatic rings. The van der Waals surface area contributed by atoms with Gasteiger partial charge in [-0.3, -0.25) is 0 Å². The number of sulfonamides is 1. The summed E-state index contributed by atoms with van der Waals surface area (Å²) in [5, 5.41) is 0.433. The van der Waals surface area contributed by atoms with Crippen LogP contribution in [0.4, 0.5) is 0 Å². The molecule has 1 heterocycles. The van der Waals surface area contributed by atoms with Crippen molar-refractivity contribution in [3.63, 3.8) is 0 Å². The molecule has 0 bridgehead atoms. The van der Waals surface area contributed by atoms with Gasteiger partial charge in [-0.1, -0.05) is 23.7 Å². The molecule has 0 spiro atoms. The smallest absolute Gasteiger partial charge is 0.306 e. The normalized spacial score (nSPS) is 12.2. The van der Waals surface area contributed by atoms with Gasteiger partial charge >= 0.3 is 10.1 Å². The molecule has 3 aromatic rings. The van der Waals surface area contributed by atoms with Gasteiger partial charge < -0.3 is 8.60 Å². The molecule has 0 amide bonds. The summed E-state index contributed by atoms with van der Waals surface area (Å²) in [5.74, 6) is 0.633. The molecule has 10 heteroatoms. The molecule has 0 atom stereocenters. The Hall–Kier alpha value is -2.33. The predicted octanol–water partition coefficient (Wildman–Crippen LogP) is 3.66. The summed E-state index contributed by atoms with van der Waals surface area (Å²) < 4.78 is 60.2. The standard InChI is InChI=1S/C19H18ClNO6S2/c1-28(22,23)27-17-8-4-15(5-9-17)13-21(14-18-3-2-12-26-18)29(24,25)19-10-6-16(20)7-11-19/h2-12H,13-14H2,1H3. The Kier molecular flexibility index (Phi) is 6.33. The van der Waals surface area contributed by atoms with E-state index in [1.54, 1.807) is 24.3 Å². The van der Waals surface area contributed by atoms with E-state index in [9.17, 15) is 16.8 Å². The molecule has 0 aliphatic carbocycles. The summed E-state index contributed by atoms with van der Waals surface area (Å²) in [6.45, 7) is 0.0738. The molecular weight excluding hydrogens is 438 g/mol. The van der Waals surface area contributed by atoms with E-state index in [2.05, 4.69) is 0 Å². The third-order valence-corrected chi connectivity index (χ3v) is 6.45. The van der Waals surface area contributed by atoms with Crippen molar-refractivity contribution in [1.29, 1.82) is 0 Å². The first-order chi connectivity index (χ1) is 13.6. The van der Waals surface area contributed by atoms with Crippen molar-refractivity contribution in [3.8, 4) is 5.75 Å². The van der Waals surface area contributed by atoms with Gasteiger partial charge in [0.25, 0.3) is 0 Å². The number of furan rings is 1. The minimum Gasteiger partial charge on any atom is -0.468 e. The van der Waals surface area contributed by atoms with Crippen LogP contribution in [0.5, 0.6) is 5.75 Å². The van der Waals surface area contributed by atoms with Crippen LogP contribution in [0.3, 0.4) is 0 Å². The lowest BCUT2D eigenvalue weighted by molar-refractivity contribution is 0.358. The van der Waals surface area contributed by atoms with E-state index in [-0.39, 0.29) is 23.7 Å². The predicted molar refractivity (Wildman–Crippen MR) is 109 cm³/mol. The van der Waals surface area contributed by atoms with Gasteiger partial charge in [-0.25, -0.2) is 8.42 Å². The minimum atomic E-state index is -3.84. The van der Waals surface area contributed by atoms with Crippen molar-refractivity contribution in [2.75, 3.05) is 6.26 Å². The van der Waals surface area contributed by atoms with E-state index in [1.165, 1.54) is 47.0 Å². The molecule has 0 saturated heterocycles. The summed E-state index contributed by atoms with van der Waals surface area (Å²) in [5.41, 5.74) is 0.648. The van der Waals surface area contributed by atoms with Crippen LogP contribution in [-0.2, 0) is 33.2 Å². The fraction of sp³-hybridized carbons (Fsp3) is 0.158. The first-order valence-electron chi connectivity index (χ1n) is 8.40. The maximum atomic E-state index is 13.2. The summed E-state index contributed by atoms with van der Waals surface area (Å²) in [7, 11) is -7.48. The number of benzene rings is 2. The maximum Gasteiger partial charge on any atom is 0.306 e. The third kappa shape index (κ3) is 5.83. The first-order valence-corrected chi connectivity index (χ1v) is 12.0. The Morgan fingerprint density at radius 1 is 0.931 bits per heavy atom. The highest BCUT2D eigenvalue weighted by atomic mass is 35.5. The van der Waals surface area contributed by atoms with Gasteiger partial charge in [0, 0.05) is 11.6 Å². The quantitative estimate of drug-likeness (QED) is 0.481. The molecule has 0 aliphatic heterocycles. The summed E-state index contributed by atoms with van der Waals surface area (Å²) >= 11 is 5.87. The van der Waals surface area contributed by atoms with Crippen molar-refractivity contribution < 1.29 is 25.4 Å². The molecule has 0 radical (unpaired) electrons. The largest absolute Gasteiger partial charge is 0.468 e. The molecule has 0 fully saturated rings. The number of hydrogen-bond acceptors (Lipinski definition) is 6. The highest BCUT2D eigenvalue weighted by Gasteiger charge is 2.26. The summed E-state index contributed by atoms with van der Waals surface area (Å²) in [4.78, 5) is 0.102. The molecule has 3 rings (SSSR count). The highest BCUT2D eigenvalue weighted by Crippen LogP contribution is 2.24. The van der Waals surface area contributed by atoms with Crippen molar-refractivity contribution in [2.45, 2.75) is 18.0 Å². The second-order valence-electron chi connectivity index (χ2n) is 6.24. The highest BCUT2D eigenvalue weighted by molar-refractivity contribution is 7.89. The van der Waals surface area contributed by atoms with E-state index in [4.69, 9.17) is 20.2 Å². The van der Waals surface area contributed by atoms with Gasteiger partial charge in [0.2, 0.25) is 10.0 Å². The maximum absolute atomic E-state index is 13.2. The number of rotatable bonds is 8. The Labute approximate surface area is 174 Å². The topological polar surface area (TPSA) is 93.9 Å². The zero-order valence-electron chi connectivity index (χ0n) is 15.4. The average molecular weight is 456 g/mol. The minimum absolute atomic E-state index is 0.0273. The fourth-order valence-electron chi connectivity index (χ4n) is 2.59. The zero-order chi connectivity index (χ0) is 21.1. The lowest BCUT2D eigenvalue weighted by atomic mass is 10.2. The molecule has 2 aromatic carbocycles. The first kappa shape index (κ1) is 21.4. The number of hydrogen-bond donors (Lipinski definition) is 0. The molecule has 0 saturated carbocycles. The van der Waals surface area contributed by atoms with E-state index in [0.29, 0.717) is 16.3 Å². The Bertz CT molecular complexity index is 1160. The van der Waals surface area contributed by atoms with Crippen LogP contribution in [0.1, 0.15) is 11.3 Å². The van der Waals surface area contributed by atoms with E-state index < -0.39 is 20.1 Å². The monoisotopic (exact) mass is 455 g/mol. The second kappa shape index (κ2) is 8.58.